The highest BCUT2D eigenvalue weighted by Gasteiger charge is 2.26. The van der Waals surface area contributed by atoms with Crippen molar-refractivity contribution in [3.05, 3.63) is 261 Å². The molecule has 0 spiro atoms. The van der Waals surface area contributed by atoms with Gasteiger partial charge >= 0.3 is 0 Å². The van der Waals surface area contributed by atoms with Crippen molar-refractivity contribution in [2.24, 2.45) is 0 Å². The maximum Gasteiger partial charge on any atom is 0.164 e. The maximum absolute atomic E-state index is 5.34. The van der Waals surface area contributed by atoms with Crippen LogP contribution in [0.4, 0.5) is 0 Å². The van der Waals surface area contributed by atoms with Crippen molar-refractivity contribution in [3.8, 4) is 56.9 Å². The lowest BCUT2D eigenvalue weighted by Crippen LogP contribution is -2.00. The molecule has 16 aromatic rings. The fourth-order valence-electron chi connectivity index (χ4n) is 12.2. The number of rotatable bonds is 7. The molecule has 354 valence electrons. The highest BCUT2D eigenvalue weighted by Crippen LogP contribution is 2.47. The SMILES string of the molecule is c1ccc(-c2nc(-c3ccccc3)nc(-c3cccc4c3c3ccc5c(c6ccccc6n5-c5ccccc5)c3n4-c3ccc4c(c3)c3c(ccc5c6ccccc6n(-c6ccccc6)c53)n4-c3ccccc3)n2)cc1. The van der Waals surface area contributed by atoms with Crippen LogP contribution in [0, 0.1) is 0 Å². The fourth-order valence-corrected chi connectivity index (χ4v) is 12.2. The van der Waals surface area contributed by atoms with Crippen molar-refractivity contribution in [2.75, 3.05) is 0 Å². The van der Waals surface area contributed by atoms with E-state index in [2.05, 4.69) is 243 Å². The van der Waals surface area contributed by atoms with Gasteiger partial charge in [-0.3, -0.25) is 0 Å². The maximum atomic E-state index is 5.34. The third-order valence-corrected chi connectivity index (χ3v) is 15.4. The molecule has 11 aromatic carbocycles. The van der Waals surface area contributed by atoms with Gasteiger partial charge in [-0.05, 0) is 84.9 Å². The molecule has 5 aromatic heterocycles. The van der Waals surface area contributed by atoms with Gasteiger partial charge in [0.2, 0.25) is 0 Å². The molecule has 0 aliphatic heterocycles. The van der Waals surface area contributed by atoms with Gasteiger partial charge in [-0.15, -0.1) is 0 Å². The number of nitrogens with zero attached hydrogens (tertiary/aromatic N) is 7. The monoisotopic (exact) mass is 969 g/mol. The molecule has 76 heavy (non-hydrogen) atoms. The number of aromatic nitrogens is 7. The molecule has 0 aliphatic carbocycles. The minimum atomic E-state index is 0.613. The number of fused-ring (bicyclic) bond motifs is 14. The number of hydrogen-bond acceptors (Lipinski definition) is 3. The molecule has 0 amide bonds. The highest BCUT2D eigenvalue weighted by molar-refractivity contribution is 6.29. The van der Waals surface area contributed by atoms with E-state index in [1.807, 2.05) is 36.4 Å². The van der Waals surface area contributed by atoms with Crippen LogP contribution in [-0.2, 0) is 0 Å². The van der Waals surface area contributed by atoms with E-state index < -0.39 is 0 Å². The van der Waals surface area contributed by atoms with E-state index in [-0.39, 0.29) is 0 Å². The van der Waals surface area contributed by atoms with E-state index in [0.29, 0.717) is 17.5 Å². The van der Waals surface area contributed by atoms with E-state index in [0.717, 1.165) is 88.7 Å². The average Bonchev–Trinajstić information content (AvgIpc) is 4.40. The van der Waals surface area contributed by atoms with Crippen molar-refractivity contribution in [1.82, 2.24) is 33.2 Å². The predicted octanol–water partition coefficient (Wildman–Crippen LogP) is 17.3. The summed E-state index contributed by atoms with van der Waals surface area (Å²) in [6.07, 6.45) is 0. The molecule has 0 saturated carbocycles. The Morgan fingerprint density at radius 3 is 1.24 bits per heavy atom. The summed E-state index contributed by atoms with van der Waals surface area (Å²) in [5, 5.41) is 9.30. The van der Waals surface area contributed by atoms with E-state index in [1.165, 1.54) is 38.0 Å². The van der Waals surface area contributed by atoms with Crippen molar-refractivity contribution < 1.29 is 0 Å². The van der Waals surface area contributed by atoms with Crippen LogP contribution < -0.4 is 0 Å². The van der Waals surface area contributed by atoms with E-state index in [4.69, 9.17) is 15.0 Å². The van der Waals surface area contributed by atoms with Crippen LogP contribution in [0.3, 0.4) is 0 Å². The van der Waals surface area contributed by atoms with Gasteiger partial charge in [-0.25, -0.2) is 15.0 Å². The van der Waals surface area contributed by atoms with Gasteiger partial charge in [0.1, 0.15) is 0 Å². The van der Waals surface area contributed by atoms with Crippen LogP contribution >= 0.6 is 0 Å². The van der Waals surface area contributed by atoms with Gasteiger partial charge in [0.05, 0.1) is 44.1 Å². The first-order chi connectivity index (χ1) is 37.7. The number of benzene rings is 11. The first-order valence-electron chi connectivity index (χ1n) is 25.8. The summed E-state index contributed by atoms with van der Waals surface area (Å²) in [5.74, 6) is 1.86. The molecule has 0 atom stereocenters. The third kappa shape index (κ3) is 6.20. The molecule has 5 heterocycles. The molecule has 0 fully saturated rings. The zero-order valence-electron chi connectivity index (χ0n) is 41.0. The molecule has 0 aliphatic rings. The van der Waals surface area contributed by atoms with E-state index in [9.17, 15) is 0 Å². The second kappa shape index (κ2) is 16.6. The molecule has 7 nitrogen and oxygen atoms in total. The van der Waals surface area contributed by atoms with E-state index in [1.54, 1.807) is 0 Å². The predicted molar refractivity (Wildman–Crippen MR) is 313 cm³/mol. The smallest absolute Gasteiger partial charge is 0.164 e. The summed E-state index contributed by atoms with van der Waals surface area (Å²) < 4.78 is 9.82. The molecule has 0 N–H and O–H groups in total. The lowest BCUT2D eigenvalue weighted by atomic mass is 10.0. The Kier molecular flexibility index (Phi) is 9.20. The van der Waals surface area contributed by atoms with Crippen LogP contribution in [0.2, 0.25) is 0 Å². The standard InChI is InChI=1S/C69H43N7/c1-6-21-44(22-7-1)67-70-68(45-23-8-2-9-24-45)72-69(71-67)54-33-20-36-59-62(54)53-39-42-60-63(52-32-17-19-35-57(52)73(60)46-25-10-3-11-26-46)66(53)76(59)49-37-40-58-55(43-49)64-61(74(58)47-27-12-4-13-28-47)41-38-51-50-31-16-18-34-56(50)75(65(51)64)48-29-14-5-15-30-48/h1-43H. The molecule has 0 unspecified atom stereocenters. The summed E-state index contributed by atoms with van der Waals surface area (Å²) in [6, 6.07) is 93.4. The zero-order chi connectivity index (χ0) is 49.8. The fraction of sp³-hybridized carbons (Fsp3) is 0. The molecule has 16 rings (SSSR count). The van der Waals surface area contributed by atoms with Crippen LogP contribution in [-0.4, -0.2) is 33.2 Å². The Labute approximate surface area is 436 Å². The lowest BCUT2D eigenvalue weighted by Gasteiger charge is -2.12. The minimum Gasteiger partial charge on any atom is -0.309 e. The summed E-state index contributed by atoms with van der Waals surface area (Å²) in [5.41, 5.74) is 16.2. The topological polar surface area (TPSA) is 58.4 Å². The summed E-state index contributed by atoms with van der Waals surface area (Å²) in [4.78, 5) is 15.8. The largest absolute Gasteiger partial charge is 0.309 e. The van der Waals surface area contributed by atoms with E-state index >= 15 is 0 Å². The summed E-state index contributed by atoms with van der Waals surface area (Å²) in [6.45, 7) is 0. The minimum absolute atomic E-state index is 0.613. The summed E-state index contributed by atoms with van der Waals surface area (Å²) >= 11 is 0. The van der Waals surface area contributed by atoms with Gasteiger partial charge in [-0.1, -0.05) is 176 Å². The van der Waals surface area contributed by atoms with Gasteiger partial charge in [0.15, 0.2) is 17.5 Å². The van der Waals surface area contributed by atoms with Crippen molar-refractivity contribution in [3.63, 3.8) is 0 Å². The average molecular weight is 970 g/mol. The third-order valence-electron chi connectivity index (χ3n) is 15.4. The first-order valence-corrected chi connectivity index (χ1v) is 25.8. The highest BCUT2D eigenvalue weighted by atomic mass is 15.1. The Bertz CT molecular complexity index is 4900. The van der Waals surface area contributed by atoms with Crippen LogP contribution in [0.1, 0.15) is 0 Å². The van der Waals surface area contributed by atoms with Gasteiger partial charge in [0.25, 0.3) is 0 Å². The van der Waals surface area contributed by atoms with Crippen LogP contribution in [0.15, 0.2) is 261 Å². The molecule has 7 heteroatoms. The van der Waals surface area contributed by atoms with Crippen molar-refractivity contribution >= 4 is 87.2 Å². The zero-order valence-corrected chi connectivity index (χ0v) is 41.0. The first kappa shape index (κ1) is 42.2. The van der Waals surface area contributed by atoms with Crippen molar-refractivity contribution in [2.45, 2.75) is 0 Å². The Morgan fingerprint density at radius 1 is 0.224 bits per heavy atom. The molecular formula is C69H43N7. The molecule has 0 saturated heterocycles. The van der Waals surface area contributed by atoms with Gasteiger partial charge in [-0.2, -0.15) is 0 Å². The number of para-hydroxylation sites is 5. The second-order valence-corrected chi connectivity index (χ2v) is 19.5. The Balaban J connectivity index is 1.07. The van der Waals surface area contributed by atoms with Crippen LogP contribution in [0.5, 0.6) is 0 Å². The second-order valence-electron chi connectivity index (χ2n) is 19.5. The molecule has 0 bridgehead atoms. The molecular weight excluding hydrogens is 927 g/mol. The normalized spacial score (nSPS) is 11.9. The van der Waals surface area contributed by atoms with Gasteiger partial charge < -0.3 is 18.3 Å². The lowest BCUT2D eigenvalue weighted by molar-refractivity contribution is 1.08. The quantitative estimate of drug-likeness (QED) is 0.160. The summed E-state index contributed by atoms with van der Waals surface area (Å²) in [7, 11) is 0. The van der Waals surface area contributed by atoms with Gasteiger partial charge in [0, 0.05) is 82.5 Å². The van der Waals surface area contributed by atoms with Crippen LogP contribution in [0.25, 0.3) is 144 Å². The Morgan fingerprint density at radius 2 is 0.632 bits per heavy atom. The van der Waals surface area contributed by atoms with Crippen molar-refractivity contribution in [1.29, 1.82) is 0 Å². The number of hydrogen-bond donors (Lipinski definition) is 0. The Hall–Kier alpha value is -10.4. The molecule has 0 radical (unpaired) electrons.